The van der Waals surface area contributed by atoms with Crippen LogP contribution in [0.4, 0.5) is 0 Å². The highest BCUT2D eigenvalue weighted by atomic mass is 14.9. The van der Waals surface area contributed by atoms with Gasteiger partial charge in [-0.3, -0.25) is 0 Å². The lowest BCUT2D eigenvalue weighted by atomic mass is 10.2. The smallest absolute Gasteiger partial charge is 0.00796 e. The molecule has 1 aliphatic rings. The van der Waals surface area contributed by atoms with Gasteiger partial charge in [0.05, 0.1) is 0 Å². The molecule has 0 aromatic heterocycles. The molecule has 1 saturated heterocycles. The van der Waals surface area contributed by atoms with Gasteiger partial charge in [-0.2, -0.15) is 0 Å². The molecule has 1 unspecified atom stereocenters. The summed E-state index contributed by atoms with van der Waals surface area (Å²) in [7, 11) is 2.01. The summed E-state index contributed by atoms with van der Waals surface area (Å²) in [4.78, 5) is 0. The quantitative estimate of drug-likeness (QED) is 0.648. The zero-order valence-corrected chi connectivity index (χ0v) is 8.11. The third kappa shape index (κ3) is 5.22. The first-order valence-electron chi connectivity index (χ1n) is 4.81. The fourth-order valence-corrected chi connectivity index (χ4v) is 1.32. The average molecular weight is 158 g/mol. The number of hydrogen-bond donors (Lipinski definition) is 2. The van der Waals surface area contributed by atoms with Crippen LogP contribution >= 0.6 is 0 Å². The largest absolute Gasteiger partial charge is 0.320 e. The molecule has 11 heavy (non-hydrogen) atoms. The normalized spacial score (nSPS) is 22.6. The Kier molecular flexibility index (Phi) is 7.96. The van der Waals surface area contributed by atoms with Gasteiger partial charge in [-0.05, 0) is 39.4 Å². The summed E-state index contributed by atoms with van der Waals surface area (Å²) < 4.78 is 0. The van der Waals surface area contributed by atoms with E-state index < -0.39 is 0 Å². The van der Waals surface area contributed by atoms with Crippen molar-refractivity contribution in [3.8, 4) is 0 Å². The predicted molar refractivity (Wildman–Crippen MR) is 50.9 cm³/mol. The summed E-state index contributed by atoms with van der Waals surface area (Å²) >= 11 is 0. The first-order chi connectivity index (χ1) is 5.43. The van der Waals surface area contributed by atoms with Crippen molar-refractivity contribution in [2.75, 3.05) is 20.1 Å². The molecule has 0 radical (unpaired) electrons. The van der Waals surface area contributed by atoms with Crippen molar-refractivity contribution >= 4 is 0 Å². The standard InChI is InChI=1S/C7H16N2.C2H6/c1-8-6-4-7-3-2-5-9-7;1-2/h7-9H,2-6H2,1H3;1-2H3. The summed E-state index contributed by atoms with van der Waals surface area (Å²) in [5, 5.41) is 6.61. The number of hydrogen-bond acceptors (Lipinski definition) is 2. The van der Waals surface area contributed by atoms with Crippen LogP contribution in [0.1, 0.15) is 33.1 Å². The van der Waals surface area contributed by atoms with Crippen LogP contribution in [0.5, 0.6) is 0 Å². The third-order valence-electron chi connectivity index (χ3n) is 1.91. The highest BCUT2D eigenvalue weighted by molar-refractivity contribution is 4.73. The van der Waals surface area contributed by atoms with Crippen LogP contribution in [0.2, 0.25) is 0 Å². The van der Waals surface area contributed by atoms with Crippen LogP contribution in [0.25, 0.3) is 0 Å². The predicted octanol–water partition coefficient (Wildman–Crippen LogP) is 1.37. The zero-order chi connectivity index (χ0) is 8.53. The maximum absolute atomic E-state index is 3.45. The molecule has 1 atom stereocenters. The molecule has 0 aromatic carbocycles. The van der Waals surface area contributed by atoms with E-state index in [0.29, 0.717) is 0 Å². The van der Waals surface area contributed by atoms with Crippen LogP contribution in [0.15, 0.2) is 0 Å². The molecule has 0 amide bonds. The topological polar surface area (TPSA) is 24.1 Å². The Morgan fingerprint density at radius 3 is 2.64 bits per heavy atom. The summed E-state index contributed by atoms with van der Waals surface area (Å²) in [6.07, 6.45) is 4.03. The lowest BCUT2D eigenvalue weighted by Crippen LogP contribution is -2.25. The van der Waals surface area contributed by atoms with Gasteiger partial charge in [-0.25, -0.2) is 0 Å². The Hall–Kier alpha value is -0.0800. The molecule has 0 aromatic rings. The summed E-state index contributed by atoms with van der Waals surface area (Å²) in [5.74, 6) is 0. The lowest BCUT2D eigenvalue weighted by molar-refractivity contribution is 0.542. The molecule has 1 heterocycles. The highest BCUT2D eigenvalue weighted by Gasteiger charge is 2.11. The molecular formula is C9H22N2. The van der Waals surface area contributed by atoms with Crippen LogP contribution in [-0.2, 0) is 0 Å². The van der Waals surface area contributed by atoms with Crippen molar-refractivity contribution in [2.24, 2.45) is 0 Å². The van der Waals surface area contributed by atoms with E-state index in [4.69, 9.17) is 0 Å². The van der Waals surface area contributed by atoms with Gasteiger partial charge in [0.1, 0.15) is 0 Å². The zero-order valence-electron chi connectivity index (χ0n) is 8.11. The minimum Gasteiger partial charge on any atom is -0.320 e. The fraction of sp³-hybridized carbons (Fsp3) is 1.00. The van der Waals surface area contributed by atoms with E-state index >= 15 is 0 Å². The summed E-state index contributed by atoms with van der Waals surface area (Å²) in [6.45, 7) is 6.38. The maximum Gasteiger partial charge on any atom is 0.00796 e. The molecule has 2 heteroatoms. The van der Waals surface area contributed by atoms with Crippen molar-refractivity contribution in [3.05, 3.63) is 0 Å². The van der Waals surface area contributed by atoms with Gasteiger partial charge in [0.25, 0.3) is 0 Å². The van der Waals surface area contributed by atoms with Crippen molar-refractivity contribution in [1.82, 2.24) is 10.6 Å². The van der Waals surface area contributed by atoms with Crippen molar-refractivity contribution in [1.29, 1.82) is 0 Å². The summed E-state index contributed by atoms with van der Waals surface area (Å²) in [5.41, 5.74) is 0. The molecular weight excluding hydrogens is 136 g/mol. The third-order valence-corrected chi connectivity index (χ3v) is 1.91. The minimum atomic E-state index is 0.803. The Labute approximate surface area is 70.8 Å². The van der Waals surface area contributed by atoms with Gasteiger partial charge in [0.2, 0.25) is 0 Å². The molecule has 0 saturated carbocycles. The van der Waals surface area contributed by atoms with Crippen LogP contribution in [0.3, 0.4) is 0 Å². The molecule has 1 rings (SSSR count). The molecule has 0 bridgehead atoms. The molecule has 68 valence electrons. The van der Waals surface area contributed by atoms with E-state index in [9.17, 15) is 0 Å². The first kappa shape index (κ1) is 10.9. The Morgan fingerprint density at radius 2 is 2.18 bits per heavy atom. The lowest BCUT2D eigenvalue weighted by Gasteiger charge is -2.07. The van der Waals surface area contributed by atoms with Gasteiger partial charge < -0.3 is 10.6 Å². The van der Waals surface area contributed by atoms with Gasteiger partial charge >= 0.3 is 0 Å². The second-order valence-corrected chi connectivity index (χ2v) is 2.69. The van der Waals surface area contributed by atoms with E-state index in [1.165, 1.54) is 25.8 Å². The Morgan fingerprint density at radius 1 is 1.45 bits per heavy atom. The molecule has 1 fully saturated rings. The van der Waals surface area contributed by atoms with Gasteiger partial charge in [-0.1, -0.05) is 13.8 Å². The second-order valence-electron chi connectivity index (χ2n) is 2.69. The van der Waals surface area contributed by atoms with Gasteiger partial charge in [-0.15, -0.1) is 0 Å². The highest BCUT2D eigenvalue weighted by Crippen LogP contribution is 2.06. The van der Waals surface area contributed by atoms with E-state index in [0.717, 1.165) is 12.6 Å². The molecule has 1 aliphatic heterocycles. The SMILES string of the molecule is CC.CNCCC1CCCN1. The monoisotopic (exact) mass is 158 g/mol. The number of rotatable bonds is 3. The molecule has 2 N–H and O–H groups in total. The van der Waals surface area contributed by atoms with Crippen molar-refractivity contribution in [2.45, 2.75) is 39.2 Å². The Balaban J connectivity index is 0.000000461. The van der Waals surface area contributed by atoms with E-state index in [1.807, 2.05) is 20.9 Å². The molecule has 2 nitrogen and oxygen atoms in total. The first-order valence-corrected chi connectivity index (χ1v) is 4.81. The summed E-state index contributed by atoms with van der Waals surface area (Å²) in [6, 6.07) is 0.803. The van der Waals surface area contributed by atoms with Crippen molar-refractivity contribution in [3.63, 3.8) is 0 Å². The van der Waals surface area contributed by atoms with E-state index in [2.05, 4.69) is 10.6 Å². The fourth-order valence-electron chi connectivity index (χ4n) is 1.32. The van der Waals surface area contributed by atoms with Crippen LogP contribution in [0, 0.1) is 0 Å². The maximum atomic E-state index is 3.45. The molecule has 0 spiro atoms. The van der Waals surface area contributed by atoms with Crippen molar-refractivity contribution < 1.29 is 0 Å². The average Bonchev–Trinajstić information content (AvgIpc) is 2.57. The Bertz CT molecular complexity index is 68.0. The number of nitrogens with one attached hydrogen (secondary N) is 2. The van der Waals surface area contributed by atoms with Crippen LogP contribution < -0.4 is 10.6 Å². The molecule has 0 aliphatic carbocycles. The second kappa shape index (κ2) is 8.02. The van der Waals surface area contributed by atoms with Gasteiger partial charge in [0, 0.05) is 6.04 Å². The van der Waals surface area contributed by atoms with Gasteiger partial charge in [0.15, 0.2) is 0 Å². The van der Waals surface area contributed by atoms with E-state index in [1.54, 1.807) is 0 Å². The van der Waals surface area contributed by atoms with Crippen LogP contribution in [-0.4, -0.2) is 26.2 Å². The minimum absolute atomic E-state index is 0.803. The van der Waals surface area contributed by atoms with E-state index in [-0.39, 0.29) is 0 Å².